The van der Waals surface area contributed by atoms with Crippen LogP contribution in [0.15, 0.2) is 65.3 Å². The van der Waals surface area contributed by atoms with E-state index in [4.69, 9.17) is 4.42 Å². The Morgan fingerprint density at radius 3 is 2.37 bits per heavy atom. The number of amides is 2. The van der Waals surface area contributed by atoms with Crippen LogP contribution in [0.4, 0.5) is 5.69 Å². The molecule has 5 nitrogen and oxygen atoms in total. The SMILES string of the molecule is Cc1ccc(C(C)NC(=O)c2ccc(C)c(NC(=O)c3ccco3)c2)cc1. The molecule has 1 atom stereocenters. The molecule has 1 heterocycles. The van der Waals surface area contributed by atoms with Crippen molar-refractivity contribution in [2.24, 2.45) is 0 Å². The van der Waals surface area contributed by atoms with Gasteiger partial charge in [0.25, 0.3) is 11.8 Å². The van der Waals surface area contributed by atoms with Gasteiger partial charge >= 0.3 is 0 Å². The molecule has 2 aromatic carbocycles. The number of rotatable bonds is 5. The van der Waals surface area contributed by atoms with Gasteiger partial charge in [0.2, 0.25) is 0 Å². The van der Waals surface area contributed by atoms with E-state index in [-0.39, 0.29) is 23.6 Å². The van der Waals surface area contributed by atoms with E-state index in [1.807, 2.05) is 51.1 Å². The predicted octanol–water partition coefficient (Wildman–Crippen LogP) is 4.64. The fourth-order valence-corrected chi connectivity index (χ4v) is 2.71. The molecule has 2 N–H and O–H groups in total. The molecular weight excluding hydrogens is 340 g/mol. The van der Waals surface area contributed by atoms with Crippen LogP contribution in [0, 0.1) is 13.8 Å². The summed E-state index contributed by atoms with van der Waals surface area (Å²) in [6, 6.07) is 16.4. The maximum absolute atomic E-state index is 12.6. The average Bonchev–Trinajstić information content (AvgIpc) is 3.18. The van der Waals surface area contributed by atoms with Gasteiger partial charge in [0.05, 0.1) is 12.3 Å². The van der Waals surface area contributed by atoms with Crippen molar-refractivity contribution in [1.29, 1.82) is 0 Å². The molecule has 138 valence electrons. The van der Waals surface area contributed by atoms with Crippen molar-refractivity contribution in [3.8, 4) is 0 Å². The first kappa shape index (κ1) is 18.5. The topological polar surface area (TPSA) is 71.3 Å². The molecule has 0 fully saturated rings. The van der Waals surface area contributed by atoms with Crippen LogP contribution in [0.5, 0.6) is 0 Å². The van der Waals surface area contributed by atoms with E-state index in [0.717, 1.165) is 11.1 Å². The van der Waals surface area contributed by atoms with Crippen molar-refractivity contribution in [1.82, 2.24) is 5.32 Å². The van der Waals surface area contributed by atoms with Crippen LogP contribution >= 0.6 is 0 Å². The zero-order valence-electron chi connectivity index (χ0n) is 15.6. The molecule has 0 saturated carbocycles. The first-order chi connectivity index (χ1) is 12.9. The molecule has 0 aliphatic carbocycles. The van der Waals surface area contributed by atoms with E-state index in [9.17, 15) is 9.59 Å². The summed E-state index contributed by atoms with van der Waals surface area (Å²) in [5, 5.41) is 5.78. The van der Waals surface area contributed by atoms with Gasteiger partial charge in [0.1, 0.15) is 0 Å². The summed E-state index contributed by atoms with van der Waals surface area (Å²) in [5.41, 5.74) is 4.12. The Balaban J connectivity index is 1.73. The molecule has 0 aliphatic rings. The number of anilines is 1. The summed E-state index contributed by atoms with van der Waals surface area (Å²) in [7, 11) is 0. The standard InChI is InChI=1S/C22H22N2O3/c1-14-6-9-17(10-7-14)16(3)23-21(25)18-11-8-15(2)19(13-18)24-22(26)20-5-4-12-27-20/h4-13,16H,1-3H3,(H,23,25)(H,24,26). The molecule has 0 aliphatic heterocycles. The third-order valence-electron chi connectivity index (χ3n) is 4.42. The van der Waals surface area contributed by atoms with E-state index in [2.05, 4.69) is 10.6 Å². The van der Waals surface area contributed by atoms with Gasteiger partial charge in [-0.1, -0.05) is 35.9 Å². The summed E-state index contributed by atoms with van der Waals surface area (Å²) in [6.45, 7) is 5.84. The molecule has 0 bridgehead atoms. The Morgan fingerprint density at radius 1 is 0.963 bits per heavy atom. The Labute approximate surface area is 158 Å². The van der Waals surface area contributed by atoms with E-state index in [0.29, 0.717) is 11.3 Å². The average molecular weight is 362 g/mol. The summed E-state index contributed by atoms with van der Waals surface area (Å²) in [4.78, 5) is 24.8. The smallest absolute Gasteiger partial charge is 0.291 e. The lowest BCUT2D eigenvalue weighted by molar-refractivity contribution is 0.0938. The van der Waals surface area contributed by atoms with Gasteiger partial charge in [-0.05, 0) is 56.2 Å². The fourth-order valence-electron chi connectivity index (χ4n) is 2.71. The highest BCUT2D eigenvalue weighted by atomic mass is 16.3. The highest BCUT2D eigenvalue weighted by Gasteiger charge is 2.15. The van der Waals surface area contributed by atoms with Crippen molar-refractivity contribution in [2.75, 3.05) is 5.32 Å². The molecule has 5 heteroatoms. The predicted molar refractivity (Wildman–Crippen MR) is 105 cm³/mol. The summed E-state index contributed by atoms with van der Waals surface area (Å²) in [6.07, 6.45) is 1.44. The minimum atomic E-state index is -0.353. The zero-order chi connectivity index (χ0) is 19.4. The Kier molecular flexibility index (Phi) is 5.41. The van der Waals surface area contributed by atoms with Gasteiger partial charge < -0.3 is 15.1 Å². The lowest BCUT2D eigenvalue weighted by atomic mass is 10.1. The number of hydrogen-bond donors (Lipinski definition) is 2. The van der Waals surface area contributed by atoms with Crippen molar-refractivity contribution in [3.05, 3.63) is 88.9 Å². The van der Waals surface area contributed by atoms with E-state index >= 15 is 0 Å². The molecule has 0 radical (unpaired) electrons. The number of aryl methyl sites for hydroxylation is 2. The Morgan fingerprint density at radius 2 is 1.70 bits per heavy atom. The van der Waals surface area contributed by atoms with Crippen LogP contribution in [-0.2, 0) is 0 Å². The summed E-state index contributed by atoms with van der Waals surface area (Å²) >= 11 is 0. The van der Waals surface area contributed by atoms with Crippen molar-refractivity contribution >= 4 is 17.5 Å². The zero-order valence-corrected chi connectivity index (χ0v) is 15.6. The van der Waals surface area contributed by atoms with Gasteiger partial charge in [0, 0.05) is 11.3 Å². The molecule has 3 rings (SSSR count). The minimum Gasteiger partial charge on any atom is -0.459 e. The monoisotopic (exact) mass is 362 g/mol. The van der Waals surface area contributed by atoms with Crippen LogP contribution in [0.25, 0.3) is 0 Å². The second-order valence-electron chi connectivity index (χ2n) is 6.57. The third kappa shape index (κ3) is 4.44. The molecule has 0 saturated heterocycles. The molecule has 1 aromatic heterocycles. The molecule has 0 spiro atoms. The van der Waals surface area contributed by atoms with Crippen molar-refractivity contribution in [3.63, 3.8) is 0 Å². The van der Waals surface area contributed by atoms with Crippen LogP contribution in [0.1, 0.15) is 50.6 Å². The Bertz CT molecular complexity index is 944. The molecule has 2 amide bonds. The summed E-state index contributed by atoms with van der Waals surface area (Å²) in [5.74, 6) is -0.331. The van der Waals surface area contributed by atoms with Gasteiger partial charge in [-0.3, -0.25) is 9.59 Å². The largest absolute Gasteiger partial charge is 0.459 e. The van der Waals surface area contributed by atoms with Crippen LogP contribution in [0.3, 0.4) is 0 Å². The highest BCUT2D eigenvalue weighted by Crippen LogP contribution is 2.20. The first-order valence-corrected chi connectivity index (χ1v) is 8.77. The first-order valence-electron chi connectivity index (χ1n) is 8.77. The van der Waals surface area contributed by atoms with Crippen molar-refractivity contribution in [2.45, 2.75) is 26.8 Å². The van der Waals surface area contributed by atoms with Gasteiger partial charge in [-0.15, -0.1) is 0 Å². The van der Waals surface area contributed by atoms with Crippen LogP contribution < -0.4 is 10.6 Å². The lowest BCUT2D eigenvalue weighted by Gasteiger charge is -2.16. The van der Waals surface area contributed by atoms with Crippen LogP contribution in [-0.4, -0.2) is 11.8 Å². The normalized spacial score (nSPS) is 11.7. The number of furan rings is 1. The molecule has 27 heavy (non-hydrogen) atoms. The molecule has 3 aromatic rings. The Hall–Kier alpha value is -3.34. The quantitative estimate of drug-likeness (QED) is 0.694. The number of hydrogen-bond acceptors (Lipinski definition) is 3. The minimum absolute atomic E-state index is 0.124. The second-order valence-corrected chi connectivity index (χ2v) is 6.57. The molecular formula is C22H22N2O3. The van der Waals surface area contributed by atoms with Crippen molar-refractivity contribution < 1.29 is 14.0 Å². The summed E-state index contributed by atoms with van der Waals surface area (Å²) < 4.78 is 5.10. The number of nitrogens with one attached hydrogen (secondary N) is 2. The van der Waals surface area contributed by atoms with E-state index in [1.54, 1.807) is 24.3 Å². The van der Waals surface area contributed by atoms with Crippen LogP contribution in [0.2, 0.25) is 0 Å². The van der Waals surface area contributed by atoms with E-state index in [1.165, 1.54) is 11.8 Å². The second kappa shape index (κ2) is 7.91. The number of benzene rings is 2. The van der Waals surface area contributed by atoms with E-state index < -0.39 is 0 Å². The third-order valence-corrected chi connectivity index (χ3v) is 4.42. The maximum atomic E-state index is 12.6. The maximum Gasteiger partial charge on any atom is 0.291 e. The van der Waals surface area contributed by atoms with Gasteiger partial charge in [0.15, 0.2) is 5.76 Å². The number of carbonyl (C=O) groups excluding carboxylic acids is 2. The lowest BCUT2D eigenvalue weighted by Crippen LogP contribution is -2.26. The van der Waals surface area contributed by atoms with Gasteiger partial charge in [-0.2, -0.15) is 0 Å². The molecule has 1 unspecified atom stereocenters. The van der Waals surface area contributed by atoms with Gasteiger partial charge in [-0.25, -0.2) is 0 Å². The fraction of sp³-hybridized carbons (Fsp3) is 0.182. The number of carbonyl (C=O) groups is 2. The highest BCUT2D eigenvalue weighted by molar-refractivity contribution is 6.04.